The standard InChI is InChI=1S/C11H11FN2O/c1-2-9-10(11(13)15-14-9)7-4-3-5-8(12)6-7/h3-6H,2,13H2,1H3. The highest BCUT2D eigenvalue weighted by Gasteiger charge is 2.14. The van der Waals surface area contributed by atoms with Gasteiger partial charge in [0.25, 0.3) is 0 Å². The highest BCUT2D eigenvalue weighted by Crippen LogP contribution is 2.30. The van der Waals surface area contributed by atoms with Crippen LogP contribution in [0.2, 0.25) is 0 Å². The highest BCUT2D eigenvalue weighted by molar-refractivity contribution is 5.74. The first-order chi connectivity index (χ1) is 7.22. The number of aromatic nitrogens is 1. The first kappa shape index (κ1) is 9.71. The van der Waals surface area contributed by atoms with Gasteiger partial charge < -0.3 is 10.3 Å². The third kappa shape index (κ3) is 1.70. The Morgan fingerprint density at radius 1 is 1.47 bits per heavy atom. The topological polar surface area (TPSA) is 52.0 Å². The molecule has 78 valence electrons. The van der Waals surface area contributed by atoms with Gasteiger partial charge in [-0.1, -0.05) is 24.2 Å². The monoisotopic (exact) mass is 206 g/mol. The molecule has 0 spiro atoms. The molecule has 0 aliphatic heterocycles. The molecular weight excluding hydrogens is 195 g/mol. The van der Waals surface area contributed by atoms with Crippen molar-refractivity contribution in [3.8, 4) is 11.1 Å². The maximum Gasteiger partial charge on any atom is 0.230 e. The Hall–Kier alpha value is -1.84. The maximum atomic E-state index is 13.0. The second-order valence-electron chi connectivity index (χ2n) is 3.23. The molecule has 0 atom stereocenters. The molecule has 1 aromatic carbocycles. The fourth-order valence-electron chi connectivity index (χ4n) is 1.53. The minimum absolute atomic E-state index is 0.234. The molecule has 0 aliphatic carbocycles. The zero-order valence-electron chi connectivity index (χ0n) is 8.33. The number of nitrogens with two attached hydrogens (primary N) is 1. The molecule has 4 heteroatoms. The predicted molar refractivity (Wildman–Crippen MR) is 55.7 cm³/mol. The summed E-state index contributed by atoms with van der Waals surface area (Å²) in [5, 5.41) is 3.82. The smallest absolute Gasteiger partial charge is 0.230 e. The van der Waals surface area contributed by atoms with Crippen molar-refractivity contribution in [1.29, 1.82) is 0 Å². The van der Waals surface area contributed by atoms with E-state index in [4.69, 9.17) is 10.3 Å². The second kappa shape index (κ2) is 3.73. The van der Waals surface area contributed by atoms with Gasteiger partial charge in [0, 0.05) is 0 Å². The summed E-state index contributed by atoms with van der Waals surface area (Å²) >= 11 is 0. The van der Waals surface area contributed by atoms with Crippen molar-refractivity contribution in [3.05, 3.63) is 35.8 Å². The lowest BCUT2D eigenvalue weighted by molar-refractivity contribution is 0.428. The molecule has 1 heterocycles. The van der Waals surface area contributed by atoms with E-state index < -0.39 is 0 Å². The quantitative estimate of drug-likeness (QED) is 0.821. The van der Waals surface area contributed by atoms with Crippen molar-refractivity contribution in [2.45, 2.75) is 13.3 Å². The van der Waals surface area contributed by atoms with Crippen molar-refractivity contribution in [2.24, 2.45) is 0 Å². The zero-order valence-corrected chi connectivity index (χ0v) is 8.33. The third-order valence-corrected chi connectivity index (χ3v) is 2.24. The summed E-state index contributed by atoms with van der Waals surface area (Å²) in [6.45, 7) is 1.94. The molecule has 3 nitrogen and oxygen atoms in total. The number of anilines is 1. The summed E-state index contributed by atoms with van der Waals surface area (Å²) in [5.41, 5.74) is 7.79. The Labute approximate surface area is 86.7 Å². The van der Waals surface area contributed by atoms with Crippen molar-refractivity contribution >= 4 is 5.88 Å². The van der Waals surface area contributed by atoms with E-state index >= 15 is 0 Å². The van der Waals surface area contributed by atoms with Crippen LogP contribution in [0.3, 0.4) is 0 Å². The van der Waals surface area contributed by atoms with E-state index in [1.807, 2.05) is 6.92 Å². The Kier molecular flexibility index (Phi) is 2.41. The third-order valence-electron chi connectivity index (χ3n) is 2.24. The largest absolute Gasteiger partial charge is 0.367 e. The number of nitrogens with zero attached hydrogens (tertiary/aromatic N) is 1. The fourth-order valence-corrected chi connectivity index (χ4v) is 1.53. The van der Waals surface area contributed by atoms with Crippen molar-refractivity contribution < 1.29 is 8.91 Å². The lowest BCUT2D eigenvalue weighted by Gasteiger charge is -2.00. The summed E-state index contributed by atoms with van der Waals surface area (Å²) < 4.78 is 17.9. The van der Waals surface area contributed by atoms with Crippen LogP contribution in [0.25, 0.3) is 11.1 Å². The molecule has 0 aliphatic rings. The van der Waals surface area contributed by atoms with E-state index in [2.05, 4.69) is 5.16 Å². The maximum absolute atomic E-state index is 13.0. The van der Waals surface area contributed by atoms with Crippen LogP contribution >= 0.6 is 0 Å². The van der Waals surface area contributed by atoms with Gasteiger partial charge in [-0.3, -0.25) is 0 Å². The lowest BCUT2D eigenvalue weighted by atomic mass is 10.0. The number of rotatable bonds is 2. The molecule has 2 aromatic rings. The Balaban J connectivity index is 2.57. The second-order valence-corrected chi connectivity index (χ2v) is 3.23. The normalized spacial score (nSPS) is 10.5. The van der Waals surface area contributed by atoms with Crippen LogP contribution in [0, 0.1) is 5.82 Å². The van der Waals surface area contributed by atoms with Gasteiger partial charge in [0.2, 0.25) is 5.88 Å². The summed E-state index contributed by atoms with van der Waals surface area (Å²) in [4.78, 5) is 0. The van der Waals surface area contributed by atoms with Gasteiger partial charge in [0.05, 0.1) is 11.3 Å². The minimum Gasteiger partial charge on any atom is -0.367 e. The molecule has 0 bridgehead atoms. The molecule has 0 amide bonds. The average Bonchev–Trinajstić information content (AvgIpc) is 2.59. The Morgan fingerprint density at radius 2 is 2.27 bits per heavy atom. The van der Waals surface area contributed by atoms with Gasteiger partial charge in [-0.05, 0) is 24.1 Å². The van der Waals surface area contributed by atoms with E-state index in [0.29, 0.717) is 17.5 Å². The number of hydrogen-bond donors (Lipinski definition) is 1. The van der Waals surface area contributed by atoms with E-state index in [1.54, 1.807) is 12.1 Å². The summed E-state index contributed by atoms with van der Waals surface area (Å²) in [7, 11) is 0. The van der Waals surface area contributed by atoms with Crippen LogP contribution in [0.15, 0.2) is 28.8 Å². The number of nitrogen functional groups attached to an aromatic ring is 1. The van der Waals surface area contributed by atoms with Crippen molar-refractivity contribution in [3.63, 3.8) is 0 Å². The van der Waals surface area contributed by atoms with Crippen LogP contribution in [0.5, 0.6) is 0 Å². The number of halogens is 1. The van der Waals surface area contributed by atoms with E-state index in [9.17, 15) is 4.39 Å². The first-order valence-corrected chi connectivity index (χ1v) is 4.72. The van der Waals surface area contributed by atoms with E-state index in [0.717, 1.165) is 5.69 Å². The van der Waals surface area contributed by atoms with Gasteiger partial charge in [0.1, 0.15) is 5.82 Å². The molecule has 0 fully saturated rings. The minimum atomic E-state index is -0.296. The van der Waals surface area contributed by atoms with Gasteiger partial charge in [-0.15, -0.1) is 0 Å². The molecule has 1 aromatic heterocycles. The summed E-state index contributed by atoms with van der Waals surface area (Å²) in [6, 6.07) is 6.22. The van der Waals surface area contributed by atoms with E-state index in [1.165, 1.54) is 12.1 Å². The molecule has 0 radical (unpaired) electrons. The van der Waals surface area contributed by atoms with Crippen LogP contribution in [-0.4, -0.2) is 5.16 Å². The number of benzene rings is 1. The van der Waals surface area contributed by atoms with Gasteiger partial charge in [-0.2, -0.15) is 0 Å². The van der Waals surface area contributed by atoms with Crippen molar-refractivity contribution in [1.82, 2.24) is 5.16 Å². The van der Waals surface area contributed by atoms with Gasteiger partial charge in [0.15, 0.2) is 0 Å². The van der Waals surface area contributed by atoms with Crippen molar-refractivity contribution in [2.75, 3.05) is 5.73 Å². The van der Waals surface area contributed by atoms with Crippen LogP contribution in [-0.2, 0) is 6.42 Å². The molecule has 15 heavy (non-hydrogen) atoms. The number of aryl methyl sites for hydroxylation is 1. The van der Waals surface area contributed by atoms with Gasteiger partial charge in [-0.25, -0.2) is 4.39 Å². The SMILES string of the molecule is CCc1noc(N)c1-c1cccc(F)c1. The molecule has 0 unspecified atom stereocenters. The predicted octanol–water partition coefficient (Wildman–Crippen LogP) is 2.63. The molecular formula is C11H11FN2O. The molecule has 2 rings (SSSR count). The molecule has 0 saturated carbocycles. The zero-order chi connectivity index (χ0) is 10.8. The summed E-state index contributed by atoms with van der Waals surface area (Å²) in [5.74, 6) is -0.0624. The van der Waals surface area contributed by atoms with Crippen LogP contribution in [0.1, 0.15) is 12.6 Å². The van der Waals surface area contributed by atoms with E-state index in [-0.39, 0.29) is 11.7 Å². The lowest BCUT2D eigenvalue weighted by Crippen LogP contribution is -1.89. The average molecular weight is 206 g/mol. The molecule has 2 N–H and O–H groups in total. The molecule has 0 saturated heterocycles. The Morgan fingerprint density at radius 3 is 2.93 bits per heavy atom. The number of hydrogen-bond acceptors (Lipinski definition) is 3. The van der Waals surface area contributed by atoms with Gasteiger partial charge >= 0.3 is 0 Å². The van der Waals surface area contributed by atoms with Crippen LogP contribution in [0.4, 0.5) is 10.3 Å². The fraction of sp³-hybridized carbons (Fsp3) is 0.182. The first-order valence-electron chi connectivity index (χ1n) is 4.72. The van der Waals surface area contributed by atoms with Crippen LogP contribution < -0.4 is 5.73 Å². The Bertz CT molecular complexity index is 479. The summed E-state index contributed by atoms with van der Waals surface area (Å²) in [6.07, 6.45) is 0.701. The highest BCUT2D eigenvalue weighted by atomic mass is 19.1.